The summed E-state index contributed by atoms with van der Waals surface area (Å²) in [6.07, 6.45) is 0. The third-order valence-electron chi connectivity index (χ3n) is 4.15. The molecule has 7 nitrogen and oxygen atoms in total. The van der Waals surface area contributed by atoms with E-state index in [2.05, 4.69) is 5.32 Å². The first-order chi connectivity index (χ1) is 13.4. The number of ether oxygens (including phenoxy) is 4. The number of rotatable bonds is 8. The van der Waals surface area contributed by atoms with E-state index in [0.717, 1.165) is 16.7 Å². The average molecular weight is 387 g/mol. The quantitative estimate of drug-likeness (QED) is 0.702. The van der Waals surface area contributed by atoms with Gasteiger partial charge in [-0.05, 0) is 43.2 Å². The molecule has 0 saturated heterocycles. The lowest BCUT2D eigenvalue weighted by atomic mass is 10.1. The number of aryl methyl sites for hydroxylation is 2. The molecule has 1 amide bonds. The molecule has 0 aliphatic rings. The maximum atomic E-state index is 12.1. The number of carbonyl (C=O) groups excluding carboxylic acids is 2. The molecule has 7 heteroatoms. The van der Waals surface area contributed by atoms with Crippen molar-refractivity contribution in [3.63, 3.8) is 0 Å². The Morgan fingerprint density at radius 1 is 0.929 bits per heavy atom. The molecule has 0 fully saturated rings. The van der Waals surface area contributed by atoms with Crippen molar-refractivity contribution >= 4 is 11.9 Å². The van der Waals surface area contributed by atoms with Gasteiger partial charge in [-0.2, -0.15) is 0 Å². The van der Waals surface area contributed by atoms with E-state index < -0.39 is 11.9 Å². The molecule has 150 valence electrons. The van der Waals surface area contributed by atoms with Gasteiger partial charge in [-0.3, -0.25) is 4.79 Å². The van der Waals surface area contributed by atoms with Crippen LogP contribution in [0, 0.1) is 13.8 Å². The highest BCUT2D eigenvalue weighted by Crippen LogP contribution is 2.38. The monoisotopic (exact) mass is 387 g/mol. The predicted molar refractivity (Wildman–Crippen MR) is 104 cm³/mol. The summed E-state index contributed by atoms with van der Waals surface area (Å²) in [6.45, 7) is 3.63. The van der Waals surface area contributed by atoms with Crippen LogP contribution in [0.2, 0.25) is 0 Å². The van der Waals surface area contributed by atoms with Crippen LogP contribution in [-0.2, 0) is 16.1 Å². The van der Waals surface area contributed by atoms with Crippen molar-refractivity contribution in [3.05, 3.63) is 52.6 Å². The van der Waals surface area contributed by atoms with Crippen LogP contribution in [0.15, 0.2) is 30.3 Å². The molecule has 28 heavy (non-hydrogen) atoms. The van der Waals surface area contributed by atoms with Crippen molar-refractivity contribution in [1.82, 2.24) is 5.32 Å². The molecule has 0 bridgehead atoms. The largest absolute Gasteiger partial charge is 0.493 e. The molecule has 0 aromatic heterocycles. The maximum Gasteiger partial charge on any atom is 0.338 e. The van der Waals surface area contributed by atoms with Crippen LogP contribution in [-0.4, -0.2) is 39.8 Å². The normalized spacial score (nSPS) is 10.2. The van der Waals surface area contributed by atoms with Crippen LogP contribution in [0.25, 0.3) is 0 Å². The zero-order chi connectivity index (χ0) is 20.7. The van der Waals surface area contributed by atoms with Gasteiger partial charge in [0.2, 0.25) is 5.75 Å². The SMILES string of the molecule is COc1cc(CNC(=O)COC(=O)c2ccc(C)cc2C)cc(OC)c1OC. The fourth-order valence-corrected chi connectivity index (χ4v) is 2.74. The second kappa shape index (κ2) is 9.64. The number of nitrogens with one attached hydrogen (secondary N) is 1. The third kappa shape index (κ3) is 5.16. The van der Waals surface area contributed by atoms with E-state index in [9.17, 15) is 9.59 Å². The Morgan fingerprint density at radius 3 is 2.11 bits per heavy atom. The summed E-state index contributed by atoms with van der Waals surface area (Å²) in [4.78, 5) is 24.2. The predicted octanol–water partition coefficient (Wildman–Crippen LogP) is 2.80. The maximum absolute atomic E-state index is 12.1. The molecule has 0 heterocycles. The molecule has 0 spiro atoms. The molecule has 0 saturated carbocycles. The minimum absolute atomic E-state index is 0.219. The van der Waals surface area contributed by atoms with Crippen LogP contribution in [0.1, 0.15) is 27.0 Å². The average Bonchev–Trinajstić information content (AvgIpc) is 2.69. The van der Waals surface area contributed by atoms with Gasteiger partial charge in [0.05, 0.1) is 26.9 Å². The van der Waals surface area contributed by atoms with Gasteiger partial charge in [0.15, 0.2) is 18.1 Å². The van der Waals surface area contributed by atoms with Crippen molar-refractivity contribution in [2.45, 2.75) is 20.4 Å². The highest BCUT2D eigenvalue weighted by atomic mass is 16.5. The fraction of sp³-hybridized carbons (Fsp3) is 0.333. The second-order valence-electron chi connectivity index (χ2n) is 6.20. The second-order valence-corrected chi connectivity index (χ2v) is 6.20. The standard InChI is InChI=1S/C21H25NO6/c1-13-6-7-16(14(2)8-13)21(24)28-12-19(23)22-11-15-9-17(25-3)20(27-5)18(10-15)26-4/h6-10H,11-12H2,1-5H3,(H,22,23). The molecule has 1 N–H and O–H groups in total. The Bertz CT molecular complexity index is 837. The fourth-order valence-electron chi connectivity index (χ4n) is 2.74. The molecule has 2 rings (SSSR count). The smallest absolute Gasteiger partial charge is 0.338 e. The minimum Gasteiger partial charge on any atom is -0.493 e. The van der Waals surface area contributed by atoms with Gasteiger partial charge in [0.1, 0.15) is 0 Å². The van der Waals surface area contributed by atoms with Crippen molar-refractivity contribution in [2.75, 3.05) is 27.9 Å². The van der Waals surface area contributed by atoms with Gasteiger partial charge in [-0.1, -0.05) is 17.7 Å². The van der Waals surface area contributed by atoms with Gasteiger partial charge >= 0.3 is 5.97 Å². The number of hydrogen-bond donors (Lipinski definition) is 1. The van der Waals surface area contributed by atoms with Crippen LogP contribution in [0.5, 0.6) is 17.2 Å². The highest BCUT2D eigenvalue weighted by molar-refractivity contribution is 5.92. The summed E-state index contributed by atoms with van der Waals surface area (Å²) in [5.41, 5.74) is 3.06. The van der Waals surface area contributed by atoms with Crippen molar-refractivity contribution in [3.8, 4) is 17.2 Å². The molecule has 0 aliphatic heterocycles. The van der Waals surface area contributed by atoms with E-state index in [-0.39, 0.29) is 13.2 Å². The molecule has 0 atom stereocenters. The highest BCUT2D eigenvalue weighted by Gasteiger charge is 2.15. The summed E-state index contributed by atoms with van der Waals surface area (Å²) >= 11 is 0. The van der Waals surface area contributed by atoms with Crippen LogP contribution >= 0.6 is 0 Å². The van der Waals surface area contributed by atoms with E-state index in [1.165, 1.54) is 21.3 Å². The molecule has 2 aromatic carbocycles. The van der Waals surface area contributed by atoms with Gasteiger partial charge in [-0.15, -0.1) is 0 Å². The summed E-state index contributed by atoms with van der Waals surface area (Å²) in [6, 6.07) is 8.89. The van der Waals surface area contributed by atoms with Gasteiger partial charge in [-0.25, -0.2) is 4.79 Å². The Kier molecular flexibility index (Phi) is 7.26. The summed E-state index contributed by atoms with van der Waals surface area (Å²) in [5.74, 6) is 0.523. The number of methoxy groups -OCH3 is 3. The molecule has 0 aliphatic carbocycles. The Morgan fingerprint density at radius 2 is 1.57 bits per heavy atom. The van der Waals surface area contributed by atoms with Crippen LogP contribution in [0.3, 0.4) is 0 Å². The third-order valence-corrected chi connectivity index (χ3v) is 4.15. The van der Waals surface area contributed by atoms with Crippen LogP contribution < -0.4 is 19.5 Å². The van der Waals surface area contributed by atoms with Crippen molar-refractivity contribution in [1.29, 1.82) is 0 Å². The van der Waals surface area contributed by atoms with Gasteiger partial charge < -0.3 is 24.3 Å². The molecule has 0 radical (unpaired) electrons. The van der Waals surface area contributed by atoms with Gasteiger partial charge in [0, 0.05) is 6.54 Å². The van der Waals surface area contributed by atoms with E-state index in [4.69, 9.17) is 18.9 Å². The Labute approximate surface area is 164 Å². The number of hydrogen-bond acceptors (Lipinski definition) is 6. The van der Waals surface area contributed by atoms with Crippen molar-refractivity contribution in [2.24, 2.45) is 0 Å². The van der Waals surface area contributed by atoms with E-state index >= 15 is 0 Å². The lowest BCUT2D eigenvalue weighted by molar-refractivity contribution is -0.124. The first-order valence-corrected chi connectivity index (χ1v) is 8.69. The topological polar surface area (TPSA) is 83.1 Å². The first-order valence-electron chi connectivity index (χ1n) is 8.69. The Balaban J connectivity index is 1.94. The molecule has 2 aromatic rings. The van der Waals surface area contributed by atoms with E-state index in [0.29, 0.717) is 22.8 Å². The van der Waals surface area contributed by atoms with E-state index in [1.54, 1.807) is 18.2 Å². The number of esters is 1. The van der Waals surface area contributed by atoms with Gasteiger partial charge in [0.25, 0.3) is 5.91 Å². The molecular formula is C21H25NO6. The molecule has 0 unspecified atom stereocenters. The minimum atomic E-state index is -0.527. The number of carbonyl (C=O) groups is 2. The Hall–Kier alpha value is -3.22. The first kappa shape index (κ1) is 21.1. The van der Waals surface area contributed by atoms with E-state index in [1.807, 2.05) is 26.0 Å². The summed E-state index contributed by atoms with van der Waals surface area (Å²) < 4.78 is 20.9. The summed E-state index contributed by atoms with van der Waals surface area (Å²) in [7, 11) is 4.56. The van der Waals surface area contributed by atoms with Crippen molar-refractivity contribution < 1.29 is 28.5 Å². The number of amides is 1. The summed E-state index contributed by atoms with van der Waals surface area (Å²) in [5, 5.41) is 2.70. The zero-order valence-electron chi connectivity index (χ0n) is 16.8. The lowest BCUT2D eigenvalue weighted by Gasteiger charge is -2.14. The number of benzene rings is 2. The molecular weight excluding hydrogens is 362 g/mol. The lowest BCUT2D eigenvalue weighted by Crippen LogP contribution is -2.28. The van der Waals surface area contributed by atoms with Crippen LogP contribution in [0.4, 0.5) is 0 Å². The zero-order valence-corrected chi connectivity index (χ0v) is 16.8.